The molecule has 1 spiro atoms. The Morgan fingerprint density at radius 1 is 1.09 bits per heavy atom. The van der Waals surface area contributed by atoms with Gasteiger partial charge in [-0.05, 0) is 107 Å². The number of piperidine rings is 1. The minimum Gasteiger partial charge on any atom is -0.356 e. The molecule has 1 aromatic carbocycles. The molecule has 2 atom stereocenters. The lowest BCUT2D eigenvalue weighted by molar-refractivity contribution is -0.0607. The van der Waals surface area contributed by atoms with E-state index in [-0.39, 0.29) is 23.9 Å². The number of ether oxygens (including phenoxy) is 1. The second-order valence-electron chi connectivity index (χ2n) is 11.5. The van der Waals surface area contributed by atoms with Gasteiger partial charge in [0.15, 0.2) is 0 Å². The molecule has 5 heterocycles. The SMILES string of the molecule is CC(C)(C)NSc1cccc(NC(=O)c2ccc(N3C4CCC3O4)nc2N2CCC3(CC2)CC3)c1. The predicted molar refractivity (Wildman–Crippen MR) is 141 cm³/mol. The minimum absolute atomic E-state index is 0.000695. The zero-order valence-corrected chi connectivity index (χ0v) is 21.7. The molecular weight excluding hydrogens is 458 g/mol. The van der Waals surface area contributed by atoms with Gasteiger partial charge in [-0.3, -0.25) is 9.52 Å². The first kappa shape index (κ1) is 23.1. The van der Waals surface area contributed by atoms with Crippen LogP contribution in [0.5, 0.6) is 0 Å². The average Bonchev–Trinajstić information content (AvgIpc) is 3.21. The summed E-state index contributed by atoms with van der Waals surface area (Å²) < 4.78 is 9.26. The van der Waals surface area contributed by atoms with Crippen molar-refractivity contribution >= 4 is 35.2 Å². The molecule has 2 unspecified atom stereocenters. The number of amides is 1. The number of hydrogen-bond donors (Lipinski definition) is 2. The third-order valence-corrected chi connectivity index (χ3v) is 8.82. The van der Waals surface area contributed by atoms with E-state index in [1.807, 2.05) is 36.4 Å². The first-order chi connectivity index (χ1) is 16.8. The Kier molecular flexibility index (Phi) is 5.73. The molecule has 2 N–H and O–H groups in total. The van der Waals surface area contributed by atoms with E-state index >= 15 is 0 Å². The highest BCUT2D eigenvalue weighted by molar-refractivity contribution is 7.97. The van der Waals surface area contributed by atoms with Crippen LogP contribution in [-0.4, -0.2) is 42.0 Å². The number of nitrogens with zero attached hydrogens (tertiary/aromatic N) is 3. The van der Waals surface area contributed by atoms with E-state index in [0.29, 0.717) is 11.0 Å². The van der Waals surface area contributed by atoms with Crippen LogP contribution in [0.2, 0.25) is 0 Å². The summed E-state index contributed by atoms with van der Waals surface area (Å²) in [5.41, 5.74) is 2.00. The van der Waals surface area contributed by atoms with E-state index in [1.54, 1.807) is 11.9 Å². The Labute approximate surface area is 212 Å². The Morgan fingerprint density at radius 3 is 2.49 bits per heavy atom. The van der Waals surface area contributed by atoms with Crippen molar-refractivity contribution in [2.75, 3.05) is 28.2 Å². The maximum atomic E-state index is 13.5. The van der Waals surface area contributed by atoms with E-state index in [9.17, 15) is 4.79 Å². The molecule has 186 valence electrons. The number of pyridine rings is 1. The van der Waals surface area contributed by atoms with Crippen molar-refractivity contribution in [3.63, 3.8) is 0 Å². The summed E-state index contributed by atoms with van der Waals surface area (Å²) in [7, 11) is 0. The summed E-state index contributed by atoms with van der Waals surface area (Å²) in [6.07, 6.45) is 7.47. The molecule has 0 radical (unpaired) electrons. The first-order valence-corrected chi connectivity index (χ1v) is 13.7. The second-order valence-corrected chi connectivity index (χ2v) is 12.4. The quantitative estimate of drug-likeness (QED) is 0.523. The van der Waals surface area contributed by atoms with Gasteiger partial charge in [-0.25, -0.2) is 4.98 Å². The number of anilines is 3. The maximum absolute atomic E-state index is 13.5. The van der Waals surface area contributed by atoms with Gasteiger partial charge in [-0.15, -0.1) is 0 Å². The topological polar surface area (TPSA) is 69.7 Å². The van der Waals surface area contributed by atoms with Crippen LogP contribution in [-0.2, 0) is 4.74 Å². The average molecular weight is 494 g/mol. The van der Waals surface area contributed by atoms with Gasteiger partial charge >= 0.3 is 0 Å². The van der Waals surface area contributed by atoms with E-state index < -0.39 is 0 Å². The Bertz CT molecular complexity index is 1100. The molecule has 1 amide bonds. The predicted octanol–water partition coefficient (Wildman–Crippen LogP) is 5.39. The molecule has 5 aliphatic rings. The van der Waals surface area contributed by atoms with Crippen LogP contribution in [0.25, 0.3) is 0 Å². The fourth-order valence-corrected chi connectivity index (χ4v) is 6.11. The number of nitrogens with one attached hydrogen (secondary N) is 2. The van der Waals surface area contributed by atoms with Crippen LogP contribution >= 0.6 is 11.9 Å². The molecular formula is C27H35N5O2S. The first-order valence-electron chi connectivity index (χ1n) is 12.8. The van der Waals surface area contributed by atoms with Gasteiger partial charge in [0.1, 0.15) is 24.1 Å². The number of benzene rings is 1. The van der Waals surface area contributed by atoms with E-state index in [2.05, 4.69) is 40.6 Å². The second kappa shape index (κ2) is 8.68. The van der Waals surface area contributed by atoms with Crippen molar-refractivity contribution in [2.45, 2.75) is 82.2 Å². The van der Waals surface area contributed by atoms with Gasteiger partial charge in [-0.2, -0.15) is 0 Å². The molecule has 4 saturated heterocycles. The van der Waals surface area contributed by atoms with Crippen molar-refractivity contribution in [2.24, 2.45) is 5.41 Å². The highest BCUT2D eigenvalue weighted by Gasteiger charge is 2.48. The molecule has 35 heavy (non-hydrogen) atoms. The van der Waals surface area contributed by atoms with Crippen molar-refractivity contribution in [1.82, 2.24) is 9.71 Å². The van der Waals surface area contributed by atoms with Gasteiger partial charge in [0.25, 0.3) is 5.91 Å². The lowest BCUT2D eigenvalue weighted by atomic mass is 9.93. The molecule has 1 aromatic heterocycles. The number of fused-ring (bicyclic) bond motifs is 1. The lowest BCUT2D eigenvalue weighted by Gasteiger charge is -2.42. The van der Waals surface area contributed by atoms with E-state index in [4.69, 9.17) is 9.72 Å². The minimum atomic E-state index is -0.112. The number of rotatable bonds is 6. The van der Waals surface area contributed by atoms with Crippen LogP contribution in [0.4, 0.5) is 17.3 Å². The van der Waals surface area contributed by atoms with Crippen molar-refractivity contribution in [1.29, 1.82) is 0 Å². The van der Waals surface area contributed by atoms with Crippen LogP contribution in [0.15, 0.2) is 41.3 Å². The van der Waals surface area contributed by atoms with Crippen molar-refractivity contribution < 1.29 is 9.53 Å². The lowest BCUT2D eigenvalue weighted by Crippen LogP contribution is -2.52. The molecule has 2 aromatic rings. The summed E-state index contributed by atoms with van der Waals surface area (Å²) in [5.74, 6) is 1.62. The third-order valence-electron chi connectivity index (χ3n) is 7.61. The van der Waals surface area contributed by atoms with Gasteiger partial charge in [0.05, 0.1) is 5.56 Å². The fourth-order valence-electron chi connectivity index (χ4n) is 5.35. The van der Waals surface area contributed by atoms with Gasteiger partial charge < -0.3 is 19.9 Å². The third kappa shape index (κ3) is 4.76. The summed E-state index contributed by atoms with van der Waals surface area (Å²) in [6, 6.07) is 11.9. The highest BCUT2D eigenvalue weighted by Crippen LogP contribution is 2.54. The number of aromatic nitrogens is 1. The summed E-state index contributed by atoms with van der Waals surface area (Å²) in [4.78, 5) is 24.2. The number of carbonyl (C=O) groups is 1. The Hall–Kier alpha value is -2.29. The molecule has 7 rings (SSSR count). The molecule has 2 bridgehead atoms. The molecule has 8 heteroatoms. The molecule has 5 fully saturated rings. The van der Waals surface area contributed by atoms with E-state index in [1.165, 1.54) is 25.7 Å². The summed E-state index contributed by atoms with van der Waals surface area (Å²) in [6.45, 7) is 8.32. The zero-order chi connectivity index (χ0) is 24.2. The van der Waals surface area contributed by atoms with Gasteiger partial charge in [-0.1, -0.05) is 6.07 Å². The smallest absolute Gasteiger partial charge is 0.259 e. The number of hydrogen-bond acceptors (Lipinski definition) is 7. The summed E-state index contributed by atoms with van der Waals surface area (Å²) in [5, 5.41) is 3.13. The molecule has 1 aliphatic carbocycles. The molecule has 4 aliphatic heterocycles. The van der Waals surface area contributed by atoms with Crippen LogP contribution in [0.1, 0.15) is 69.7 Å². The number of carbonyl (C=O) groups excluding carboxylic acids is 1. The van der Waals surface area contributed by atoms with Crippen LogP contribution in [0, 0.1) is 5.41 Å². The van der Waals surface area contributed by atoms with E-state index in [0.717, 1.165) is 48.1 Å². The van der Waals surface area contributed by atoms with Crippen molar-refractivity contribution in [3.05, 3.63) is 42.0 Å². The fraction of sp³-hybridized carbons (Fsp3) is 0.556. The normalized spacial score (nSPS) is 24.4. The summed E-state index contributed by atoms with van der Waals surface area (Å²) >= 11 is 1.58. The molecule has 1 saturated carbocycles. The Balaban J connectivity index is 1.23. The van der Waals surface area contributed by atoms with Gasteiger partial charge in [0.2, 0.25) is 0 Å². The highest BCUT2D eigenvalue weighted by atomic mass is 32.2. The Morgan fingerprint density at radius 2 is 1.83 bits per heavy atom. The zero-order valence-electron chi connectivity index (χ0n) is 20.8. The van der Waals surface area contributed by atoms with Gasteiger partial charge in [0, 0.05) is 29.2 Å². The van der Waals surface area contributed by atoms with Crippen LogP contribution < -0.4 is 19.8 Å². The van der Waals surface area contributed by atoms with Crippen LogP contribution in [0.3, 0.4) is 0 Å². The van der Waals surface area contributed by atoms with Crippen molar-refractivity contribution in [3.8, 4) is 0 Å². The monoisotopic (exact) mass is 493 g/mol. The maximum Gasteiger partial charge on any atom is 0.259 e. The molecule has 7 nitrogen and oxygen atoms in total. The standard InChI is InChI=1S/C27H35N5O2S/c1-26(2,3)30-35-19-6-4-5-18(17-19)28-25(33)20-7-8-21(32-22-9-10-23(32)34-22)29-24(20)31-15-13-27(11-12-27)14-16-31/h4-8,17,22-23,30H,9-16H2,1-3H3,(H,28,33). The largest absolute Gasteiger partial charge is 0.356 e.